The van der Waals surface area contributed by atoms with Crippen molar-refractivity contribution in [3.8, 4) is 22.7 Å². The van der Waals surface area contributed by atoms with Gasteiger partial charge in [0.2, 0.25) is 0 Å². The van der Waals surface area contributed by atoms with Crippen molar-refractivity contribution >= 4 is 5.91 Å². The summed E-state index contributed by atoms with van der Waals surface area (Å²) in [5, 5.41) is 0. The molecule has 6 rings (SSSR count). The van der Waals surface area contributed by atoms with Crippen molar-refractivity contribution in [3.05, 3.63) is 143 Å². The number of hydrogen-bond acceptors (Lipinski definition) is 3. The Kier molecular flexibility index (Phi) is 7.89. The number of benzene rings is 4. The molecule has 0 N–H and O–H groups in total. The molecule has 212 valence electrons. The highest BCUT2D eigenvalue weighted by Gasteiger charge is 2.30. The maximum Gasteiger partial charge on any atom is 0.255 e. The van der Waals surface area contributed by atoms with Crippen LogP contribution in [0.15, 0.2) is 115 Å². The van der Waals surface area contributed by atoms with Crippen LogP contribution < -0.4 is 4.74 Å². The van der Waals surface area contributed by atoms with Gasteiger partial charge in [-0.1, -0.05) is 72.8 Å². The average molecular weight is 560 g/mol. The normalized spacial score (nSPS) is 13.9. The van der Waals surface area contributed by atoms with Crippen LogP contribution in [0.1, 0.15) is 33.2 Å². The number of carbonyl (C=O) groups excluding carboxylic acids is 1. The Balaban J connectivity index is 1.29. The first-order valence-corrected chi connectivity index (χ1v) is 14.3. The van der Waals surface area contributed by atoms with Gasteiger partial charge in [0, 0.05) is 31.9 Å². The number of aromatic nitrogens is 1. The summed E-state index contributed by atoms with van der Waals surface area (Å²) in [4.78, 5) is 18.4. The number of para-hydroxylation sites is 1. The average Bonchev–Trinajstić information content (AvgIpc) is 3.39. The molecule has 1 saturated heterocycles. The molecule has 1 aliphatic heterocycles. The van der Waals surface area contributed by atoms with E-state index in [-0.39, 0.29) is 17.8 Å². The first-order valence-electron chi connectivity index (χ1n) is 14.3. The Morgan fingerprint density at radius 2 is 1.33 bits per heavy atom. The zero-order valence-corrected chi connectivity index (χ0v) is 23.9. The third-order valence-electron chi connectivity index (χ3n) is 8.15. The summed E-state index contributed by atoms with van der Waals surface area (Å²) in [6, 6.07) is 37.4. The Bertz CT molecular complexity index is 1620. The molecule has 5 aromatic rings. The molecular formula is C36H34FN3O2. The van der Waals surface area contributed by atoms with E-state index in [1.807, 2.05) is 64.9 Å². The second kappa shape index (κ2) is 12.0. The monoisotopic (exact) mass is 559 g/mol. The summed E-state index contributed by atoms with van der Waals surface area (Å²) in [5.41, 5.74) is 5.83. The van der Waals surface area contributed by atoms with Crippen LogP contribution in [-0.2, 0) is 0 Å². The van der Waals surface area contributed by atoms with Crippen molar-refractivity contribution in [1.82, 2.24) is 14.4 Å². The summed E-state index contributed by atoms with van der Waals surface area (Å²) in [5.74, 6) is 0.359. The van der Waals surface area contributed by atoms with Gasteiger partial charge in [0.15, 0.2) is 0 Å². The van der Waals surface area contributed by atoms with Gasteiger partial charge >= 0.3 is 0 Å². The van der Waals surface area contributed by atoms with Gasteiger partial charge in [0.05, 0.1) is 30.1 Å². The molecular weight excluding hydrogens is 525 g/mol. The molecule has 1 aliphatic rings. The Morgan fingerprint density at radius 1 is 0.762 bits per heavy atom. The molecule has 0 unspecified atom stereocenters. The number of methoxy groups -OCH3 is 1. The summed E-state index contributed by atoms with van der Waals surface area (Å²) < 4.78 is 22.3. The molecule has 0 saturated carbocycles. The van der Waals surface area contributed by atoms with E-state index in [1.54, 1.807) is 19.2 Å². The van der Waals surface area contributed by atoms with E-state index in [4.69, 9.17) is 4.74 Å². The number of carbonyl (C=O) groups is 1. The van der Waals surface area contributed by atoms with Crippen molar-refractivity contribution in [2.24, 2.45) is 0 Å². The summed E-state index contributed by atoms with van der Waals surface area (Å²) >= 11 is 0. The molecule has 1 aromatic heterocycles. The lowest BCUT2D eigenvalue weighted by Gasteiger charge is -2.39. The number of piperazine rings is 1. The summed E-state index contributed by atoms with van der Waals surface area (Å²) in [6.45, 7) is 4.61. The fourth-order valence-corrected chi connectivity index (χ4v) is 5.98. The number of hydrogen-bond donors (Lipinski definition) is 0. The van der Waals surface area contributed by atoms with Crippen molar-refractivity contribution in [2.45, 2.75) is 13.0 Å². The zero-order valence-electron chi connectivity index (χ0n) is 23.9. The lowest BCUT2D eigenvalue weighted by atomic mass is 9.96. The van der Waals surface area contributed by atoms with Gasteiger partial charge in [-0.3, -0.25) is 9.69 Å². The molecule has 2 heterocycles. The van der Waals surface area contributed by atoms with Gasteiger partial charge < -0.3 is 14.2 Å². The van der Waals surface area contributed by atoms with Gasteiger partial charge in [0.25, 0.3) is 5.91 Å². The molecule has 1 fully saturated rings. The van der Waals surface area contributed by atoms with E-state index in [2.05, 4.69) is 53.4 Å². The molecule has 6 heteroatoms. The Hall–Kier alpha value is -4.68. The van der Waals surface area contributed by atoms with Crippen molar-refractivity contribution < 1.29 is 13.9 Å². The van der Waals surface area contributed by atoms with Crippen molar-refractivity contribution in [1.29, 1.82) is 0 Å². The molecule has 1 amide bonds. The topological polar surface area (TPSA) is 37.7 Å². The molecule has 0 radical (unpaired) electrons. The van der Waals surface area contributed by atoms with Gasteiger partial charge in [0.1, 0.15) is 11.6 Å². The second-order valence-corrected chi connectivity index (χ2v) is 10.6. The predicted octanol–water partition coefficient (Wildman–Crippen LogP) is 7.15. The van der Waals surface area contributed by atoms with E-state index in [0.717, 1.165) is 30.1 Å². The first kappa shape index (κ1) is 27.5. The van der Waals surface area contributed by atoms with Crippen LogP contribution in [0.25, 0.3) is 16.9 Å². The maximum absolute atomic E-state index is 15.1. The summed E-state index contributed by atoms with van der Waals surface area (Å²) in [7, 11) is 1.62. The quantitative estimate of drug-likeness (QED) is 0.213. The number of rotatable bonds is 7. The molecule has 4 aromatic carbocycles. The van der Waals surface area contributed by atoms with Crippen molar-refractivity contribution in [3.63, 3.8) is 0 Å². The molecule has 0 atom stereocenters. The number of halogens is 1. The lowest BCUT2D eigenvalue weighted by Crippen LogP contribution is -2.50. The van der Waals surface area contributed by atoms with Crippen LogP contribution in [0.5, 0.6) is 5.75 Å². The number of amides is 1. The van der Waals surface area contributed by atoms with E-state index in [9.17, 15) is 4.79 Å². The third kappa shape index (κ3) is 5.33. The minimum Gasteiger partial charge on any atom is -0.497 e. The summed E-state index contributed by atoms with van der Waals surface area (Å²) in [6.07, 6.45) is 0. The molecule has 0 aliphatic carbocycles. The molecule has 0 spiro atoms. The van der Waals surface area contributed by atoms with Gasteiger partial charge in [-0.15, -0.1) is 0 Å². The van der Waals surface area contributed by atoms with Crippen molar-refractivity contribution in [2.75, 3.05) is 33.3 Å². The predicted molar refractivity (Wildman–Crippen MR) is 165 cm³/mol. The van der Waals surface area contributed by atoms with Crippen LogP contribution >= 0.6 is 0 Å². The van der Waals surface area contributed by atoms with Gasteiger partial charge in [-0.25, -0.2) is 4.39 Å². The molecule has 42 heavy (non-hydrogen) atoms. The van der Waals surface area contributed by atoms with Gasteiger partial charge in [-0.2, -0.15) is 0 Å². The highest BCUT2D eigenvalue weighted by atomic mass is 19.1. The Labute approximate surface area is 246 Å². The maximum atomic E-state index is 15.1. The van der Waals surface area contributed by atoms with Crippen LogP contribution in [0.4, 0.5) is 4.39 Å². The minimum absolute atomic E-state index is 0.0343. The van der Waals surface area contributed by atoms with Crippen LogP contribution in [0, 0.1) is 12.7 Å². The van der Waals surface area contributed by atoms with Crippen LogP contribution in [0.3, 0.4) is 0 Å². The standard InChI is InChI=1S/C36H34FN3O2/c1-26-31(25-34(27-17-19-30(42-2)20-18-27)40(26)33-16-10-9-15-32(33)37)36(41)39-23-21-38(22-24-39)35(28-11-5-3-6-12-28)29-13-7-4-8-14-29/h3-20,25,35H,21-24H2,1-2H3. The SMILES string of the molecule is COc1ccc(-c2cc(C(=O)N3CCN(C(c4ccccc4)c4ccccc4)CC3)c(C)n2-c2ccccc2F)cc1. The molecule has 5 nitrogen and oxygen atoms in total. The number of ether oxygens (including phenoxy) is 1. The highest BCUT2D eigenvalue weighted by Crippen LogP contribution is 2.33. The third-order valence-corrected chi connectivity index (χ3v) is 8.15. The van der Waals surface area contributed by atoms with E-state index in [0.29, 0.717) is 30.0 Å². The van der Waals surface area contributed by atoms with E-state index < -0.39 is 0 Å². The lowest BCUT2D eigenvalue weighted by molar-refractivity contribution is 0.0596. The van der Waals surface area contributed by atoms with Crippen LogP contribution in [0.2, 0.25) is 0 Å². The fourth-order valence-electron chi connectivity index (χ4n) is 5.98. The van der Waals surface area contributed by atoms with Gasteiger partial charge in [-0.05, 0) is 66.1 Å². The Morgan fingerprint density at radius 3 is 1.90 bits per heavy atom. The fraction of sp³-hybridized carbons (Fsp3) is 0.194. The largest absolute Gasteiger partial charge is 0.497 e. The first-order chi connectivity index (χ1) is 20.5. The van der Waals surface area contributed by atoms with E-state index in [1.165, 1.54) is 17.2 Å². The zero-order chi connectivity index (χ0) is 29.1. The minimum atomic E-state index is -0.341. The highest BCUT2D eigenvalue weighted by molar-refractivity contribution is 5.97. The number of nitrogens with zero attached hydrogens (tertiary/aromatic N) is 3. The molecule has 0 bridgehead atoms. The smallest absolute Gasteiger partial charge is 0.255 e. The van der Waals surface area contributed by atoms with Crippen LogP contribution in [-0.4, -0.2) is 53.6 Å². The van der Waals surface area contributed by atoms with E-state index >= 15 is 4.39 Å². The second-order valence-electron chi connectivity index (χ2n) is 10.6.